The Hall–Kier alpha value is -0.170. The molecule has 4 N–H and O–H groups in total. The third kappa shape index (κ3) is 6.83. The predicted molar refractivity (Wildman–Crippen MR) is 59.5 cm³/mol. The summed E-state index contributed by atoms with van der Waals surface area (Å²) in [6.07, 6.45) is 2.61. The molecule has 0 fully saturated rings. The molecule has 0 spiro atoms. The zero-order valence-electron chi connectivity index (χ0n) is 10.2. The molecule has 0 aliphatic rings. The Kier molecular flexibility index (Phi) is 7.38. The van der Waals surface area contributed by atoms with Crippen LogP contribution in [0.4, 0.5) is 0 Å². The highest BCUT2D eigenvalue weighted by Gasteiger charge is 2.30. The van der Waals surface area contributed by atoms with Crippen LogP contribution in [0.3, 0.4) is 0 Å². The molecule has 15 heavy (non-hydrogen) atoms. The fraction of sp³-hybridized carbons (Fsp3) is 1.00. The third-order valence-electron chi connectivity index (χ3n) is 2.43. The summed E-state index contributed by atoms with van der Waals surface area (Å²) in [5.41, 5.74) is -0.897. The van der Waals surface area contributed by atoms with Crippen LogP contribution >= 0.6 is 0 Å². The zero-order valence-corrected chi connectivity index (χ0v) is 11.1. The minimum atomic E-state index is -4.61. The van der Waals surface area contributed by atoms with Gasteiger partial charge in [0.1, 0.15) is 0 Å². The first-order valence-electron chi connectivity index (χ1n) is 4.89. The van der Waals surface area contributed by atoms with Crippen molar-refractivity contribution < 1.29 is 17.2 Å². The van der Waals surface area contributed by atoms with E-state index in [-0.39, 0.29) is 12.1 Å². The van der Waals surface area contributed by atoms with Crippen molar-refractivity contribution in [2.45, 2.75) is 52.6 Å². The van der Waals surface area contributed by atoms with Gasteiger partial charge in [-0.15, -0.1) is 0 Å². The molecule has 0 saturated heterocycles. The maximum Gasteiger partial charge on any atom is 0.218 e. The molecular weight excluding hydrogens is 218 g/mol. The van der Waals surface area contributed by atoms with Crippen LogP contribution in [0.15, 0.2) is 0 Å². The molecule has 0 aromatic carbocycles. The molecule has 6 heteroatoms. The fourth-order valence-electron chi connectivity index (χ4n) is 1.72. The minimum absolute atomic E-state index is 0. The van der Waals surface area contributed by atoms with Crippen molar-refractivity contribution in [3.63, 3.8) is 0 Å². The molecule has 0 saturated carbocycles. The molecule has 0 aromatic rings. The lowest BCUT2D eigenvalue weighted by Gasteiger charge is -2.33. The maximum atomic E-state index is 10.5. The van der Waals surface area contributed by atoms with Gasteiger partial charge >= 0.3 is 0 Å². The van der Waals surface area contributed by atoms with Gasteiger partial charge in [0.05, 0.1) is 5.60 Å². The van der Waals surface area contributed by atoms with Gasteiger partial charge in [-0.3, -0.25) is 4.18 Å². The summed E-state index contributed by atoms with van der Waals surface area (Å²) < 4.78 is 36.0. The molecule has 0 heterocycles. The van der Waals surface area contributed by atoms with Crippen molar-refractivity contribution in [1.82, 2.24) is 6.15 Å². The summed E-state index contributed by atoms with van der Waals surface area (Å²) in [6, 6.07) is 0. The SMILES string of the molecule is CCCC(CC)C(C)(C)OS(=O)(=O)[O-].[NH4+]. The summed E-state index contributed by atoms with van der Waals surface area (Å²) >= 11 is 0. The van der Waals surface area contributed by atoms with E-state index in [0.29, 0.717) is 0 Å². The standard InChI is InChI=1S/C9H20O4S.H3N/c1-5-7-8(6-2)9(3,4)13-14(10,11)12;/h8H,5-7H2,1-4H3,(H,10,11,12);1H3. The molecule has 1 atom stereocenters. The Bertz CT molecular complexity index is 261. The van der Waals surface area contributed by atoms with Gasteiger partial charge in [-0.25, -0.2) is 8.42 Å². The Labute approximate surface area is 92.7 Å². The molecular formula is C9H23NO4S. The smallest absolute Gasteiger partial charge is 0.218 e. The topological polar surface area (TPSA) is 103 Å². The van der Waals surface area contributed by atoms with Crippen LogP contribution < -0.4 is 6.15 Å². The van der Waals surface area contributed by atoms with Crippen molar-refractivity contribution in [3.8, 4) is 0 Å². The summed E-state index contributed by atoms with van der Waals surface area (Å²) in [5.74, 6) is 0.0937. The van der Waals surface area contributed by atoms with Gasteiger partial charge in [0.2, 0.25) is 10.4 Å². The minimum Gasteiger partial charge on any atom is -0.726 e. The highest BCUT2D eigenvalue weighted by molar-refractivity contribution is 7.80. The Morgan fingerprint density at radius 1 is 1.33 bits per heavy atom. The van der Waals surface area contributed by atoms with E-state index in [2.05, 4.69) is 4.18 Å². The predicted octanol–water partition coefficient (Wildman–Crippen LogP) is 2.44. The van der Waals surface area contributed by atoms with Gasteiger partial charge in [0.15, 0.2) is 0 Å². The maximum absolute atomic E-state index is 10.5. The lowest BCUT2D eigenvalue weighted by Crippen LogP contribution is -2.36. The van der Waals surface area contributed by atoms with Crippen LogP contribution in [0.5, 0.6) is 0 Å². The number of hydrogen-bond donors (Lipinski definition) is 1. The normalized spacial score (nSPS) is 14.5. The van der Waals surface area contributed by atoms with Crippen LogP contribution in [-0.4, -0.2) is 18.6 Å². The second-order valence-corrected chi connectivity index (χ2v) is 4.97. The number of quaternary nitrogens is 1. The van der Waals surface area contributed by atoms with Crippen LogP contribution in [0.2, 0.25) is 0 Å². The van der Waals surface area contributed by atoms with Gasteiger partial charge in [0, 0.05) is 0 Å². The van der Waals surface area contributed by atoms with Crippen LogP contribution in [0, 0.1) is 5.92 Å². The molecule has 0 amide bonds. The average Bonchev–Trinajstić information content (AvgIpc) is 1.94. The van der Waals surface area contributed by atoms with Gasteiger partial charge in [-0.05, 0) is 26.2 Å². The Morgan fingerprint density at radius 2 is 1.80 bits per heavy atom. The monoisotopic (exact) mass is 241 g/mol. The molecule has 0 radical (unpaired) electrons. The van der Waals surface area contributed by atoms with E-state index in [0.717, 1.165) is 19.3 Å². The molecule has 5 nitrogen and oxygen atoms in total. The zero-order chi connectivity index (χ0) is 11.4. The molecule has 94 valence electrons. The van der Waals surface area contributed by atoms with Crippen molar-refractivity contribution in [1.29, 1.82) is 0 Å². The van der Waals surface area contributed by atoms with Crippen LogP contribution in [-0.2, 0) is 14.6 Å². The van der Waals surface area contributed by atoms with Gasteiger partial charge in [-0.1, -0.05) is 26.7 Å². The van der Waals surface area contributed by atoms with E-state index < -0.39 is 16.0 Å². The van der Waals surface area contributed by atoms with Gasteiger partial charge < -0.3 is 10.7 Å². The average molecular weight is 241 g/mol. The highest BCUT2D eigenvalue weighted by atomic mass is 32.3. The summed E-state index contributed by atoms with van der Waals surface area (Å²) in [4.78, 5) is 0. The van der Waals surface area contributed by atoms with E-state index >= 15 is 0 Å². The molecule has 0 aliphatic carbocycles. The summed E-state index contributed by atoms with van der Waals surface area (Å²) in [6.45, 7) is 7.27. The second kappa shape index (κ2) is 6.42. The molecule has 0 aromatic heterocycles. The Balaban J connectivity index is 0. The van der Waals surface area contributed by atoms with E-state index in [1.807, 2.05) is 13.8 Å². The lowest BCUT2D eigenvalue weighted by atomic mass is 9.85. The first-order chi connectivity index (χ1) is 6.23. The summed E-state index contributed by atoms with van der Waals surface area (Å²) in [7, 11) is -4.61. The number of hydrogen-bond acceptors (Lipinski definition) is 4. The van der Waals surface area contributed by atoms with Crippen molar-refractivity contribution in [2.75, 3.05) is 0 Å². The quantitative estimate of drug-likeness (QED) is 0.569. The molecule has 0 aliphatic heterocycles. The molecule has 0 rings (SSSR count). The van der Waals surface area contributed by atoms with E-state index in [4.69, 9.17) is 0 Å². The van der Waals surface area contributed by atoms with Gasteiger partial charge in [0.25, 0.3) is 0 Å². The first-order valence-corrected chi connectivity index (χ1v) is 6.22. The number of rotatable bonds is 6. The lowest BCUT2D eigenvalue weighted by molar-refractivity contribution is 0.0310. The Morgan fingerprint density at radius 3 is 2.07 bits per heavy atom. The first kappa shape index (κ1) is 17.2. The van der Waals surface area contributed by atoms with Crippen LogP contribution in [0.1, 0.15) is 47.0 Å². The van der Waals surface area contributed by atoms with Gasteiger partial charge in [-0.2, -0.15) is 0 Å². The second-order valence-electron chi connectivity index (χ2n) is 3.99. The van der Waals surface area contributed by atoms with Crippen molar-refractivity contribution >= 4 is 10.4 Å². The molecule has 0 bridgehead atoms. The van der Waals surface area contributed by atoms with Crippen molar-refractivity contribution in [3.05, 3.63) is 0 Å². The van der Waals surface area contributed by atoms with E-state index in [1.165, 1.54) is 0 Å². The third-order valence-corrected chi connectivity index (χ3v) is 3.06. The largest absolute Gasteiger partial charge is 0.726 e. The van der Waals surface area contributed by atoms with E-state index in [1.54, 1.807) is 13.8 Å². The highest BCUT2D eigenvalue weighted by Crippen LogP contribution is 2.29. The van der Waals surface area contributed by atoms with Crippen LogP contribution in [0.25, 0.3) is 0 Å². The molecule has 1 unspecified atom stereocenters. The fourth-order valence-corrected chi connectivity index (χ4v) is 2.39. The van der Waals surface area contributed by atoms with Crippen molar-refractivity contribution in [2.24, 2.45) is 5.92 Å². The summed E-state index contributed by atoms with van der Waals surface area (Å²) in [5, 5.41) is 0. The van der Waals surface area contributed by atoms with E-state index in [9.17, 15) is 13.0 Å².